The second kappa shape index (κ2) is 5.74. The van der Waals surface area contributed by atoms with Crippen LogP contribution in [-0.2, 0) is 0 Å². The van der Waals surface area contributed by atoms with Crippen molar-refractivity contribution < 1.29 is 9.47 Å². The molecule has 2 rings (SSSR count). The van der Waals surface area contributed by atoms with E-state index in [1.54, 1.807) is 44.7 Å². The zero-order valence-corrected chi connectivity index (χ0v) is 10.7. The van der Waals surface area contributed by atoms with Crippen LogP contribution in [0.5, 0.6) is 11.5 Å². The lowest BCUT2D eigenvalue weighted by molar-refractivity contribution is 0.355. The van der Waals surface area contributed by atoms with Crippen LogP contribution in [-0.4, -0.2) is 19.2 Å². The Bertz CT molecular complexity index is 620. The first-order valence-electron chi connectivity index (χ1n) is 5.62. The molecule has 0 amide bonds. The molecule has 5 heteroatoms. The third-order valence-corrected chi connectivity index (χ3v) is 2.54. The molecule has 0 aliphatic rings. The number of nitriles is 1. The summed E-state index contributed by atoms with van der Waals surface area (Å²) in [7, 11) is 3.17. The molecule has 0 saturated carbocycles. The standard InChI is InChI=1S/C14H13N3O2/c1-18-12-4-3-11(8-13(12)19-2)17-14-7-10(9-15)5-6-16-14/h3-8H,1-2H3,(H,16,17). The number of ether oxygens (including phenoxy) is 2. The van der Waals surface area contributed by atoms with Gasteiger partial charge in [0.2, 0.25) is 0 Å². The van der Waals surface area contributed by atoms with E-state index >= 15 is 0 Å². The highest BCUT2D eigenvalue weighted by Crippen LogP contribution is 2.30. The summed E-state index contributed by atoms with van der Waals surface area (Å²) in [6.07, 6.45) is 1.58. The minimum absolute atomic E-state index is 0.554. The number of aromatic nitrogens is 1. The molecule has 19 heavy (non-hydrogen) atoms. The van der Waals surface area contributed by atoms with Gasteiger partial charge in [-0.25, -0.2) is 4.98 Å². The van der Waals surface area contributed by atoms with Gasteiger partial charge in [-0.2, -0.15) is 5.26 Å². The minimum atomic E-state index is 0.554. The Morgan fingerprint density at radius 1 is 1.11 bits per heavy atom. The molecule has 0 saturated heterocycles. The van der Waals surface area contributed by atoms with E-state index < -0.39 is 0 Å². The van der Waals surface area contributed by atoms with E-state index in [4.69, 9.17) is 14.7 Å². The summed E-state index contributed by atoms with van der Waals surface area (Å²) in [5.74, 6) is 1.89. The maximum absolute atomic E-state index is 8.84. The van der Waals surface area contributed by atoms with Crippen molar-refractivity contribution in [3.8, 4) is 17.6 Å². The fraction of sp³-hybridized carbons (Fsp3) is 0.143. The van der Waals surface area contributed by atoms with Gasteiger partial charge in [-0.1, -0.05) is 0 Å². The van der Waals surface area contributed by atoms with E-state index in [0.717, 1.165) is 5.69 Å². The van der Waals surface area contributed by atoms with E-state index in [0.29, 0.717) is 22.9 Å². The van der Waals surface area contributed by atoms with E-state index in [1.165, 1.54) is 0 Å². The van der Waals surface area contributed by atoms with Crippen LogP contribution in [0.25, 0.3) is 0 Å². The van der Waals surface area contributed by atoms with Gasteiger partial charge in [0.25, 0.3) is 0 Å². The quantitative estimate of drug-likeness (QED) is 0.909. The van der Waals surface area contributed by atoms with Crippen LogP contribution in [0.15, 0.2) is 36.5 Å². The molecule has 0 radical (unpaired) electrons. The SMILES string of the molecule is COc1ccc(Nc2cc(C#N)ccn2)cc1OC. The van der Waals surface area contributed by atoms with Gasteiger partial charge in [-0.05, 0) is 24.3 Å². The lowest BCUT2D eigenvalue weighted by Gasteiger charge is -2.10. The summed E-state index contributed by atoms with van der Waals surface area (Å²) < 4.78 is 10.4. The number of anilines is 2. The molecule has 5 nitrogen and oxygen atoms in total. The Kier molecular flexibility index (Phi) is 3.84. The molecule has 0 unspecified atom stereocenters. The molecule has 0 atom stereocenters. The molecule has 0 spiro atoms. The Morgan fingerprint density at radius 2 is 1.89 bits per heavy atom. The predicted octanol–water partition coefficient (Wildman–Crippen LogP) is 2.71. The topological polar surface area (TPSA) is 67.2 Å². The Balaban J connectivity index is 2.26. The third kappa shape index (κ3) is 2.93. The molecule has 0 aliphatic carbocycles. The molecule has 2 aromatic rings. The molecule has 0 aliphatic heterocycles. The summed E-state index contributed by atoms with van der Waals surface area (Å²) in [4.78, 5) is 4.15. The first-order chi connectivity index (χ1) is 9.26. The zero-order chi connectivity index (χ0) is 13.7. The number of hydrogen-bond donors (Lipinski definition) is 1. The van der Waals surface area contributed by atoms with Crippen molar-refractivity contribution in [1.82, 2.24) is 4.98 Å². The number of hydrogen-bond acceptors (Lipinski definition) is 5. The molecule has 1 aromatic carbocycles. The van der Waals surface area contributed by atoms with Crippen LogP contribution in [0.3, 0.4) is 0 Å². The molecule has 0 fully saturated rings. The molecule has 1 heterocycles. The summed E-state index contributed by atoms with van der Waals surface area (Å²) in [6.45, 7) is 0. The number of benzene rings is 1. The van der Waals surface area contributed by atoms with Gasteiger partial charge in [-0.3, -0.25) is 0 Å². The largest absolute Gasteiger partial charge is 0.493 e. The first kappa shape index (κ1) is 12.7. The fourth-order valence-electron chi connectivity index (χ4n) is 1.63. The number of nitrogens with one attached hydrogen (secondary N) is 1. The summed E-state index contributed by atoms with van der Waals surface area (Å²) in [5.41, 5.74) is 1.36. The highest BCUT2D eigenvalue weighted by Gasteiger charge is 2.05. The maximum Gasteiger partial charge on any atom is 0.162 e. The van der Waals surface area contributed by atoms with Gasteiger partial charge in [-0.15, -0.1) is 0 Å². The highest BCUT2D eigenvalue weighted by molar-refractivity contribution is 5.62. The van der Waals surface area contributed by atoms with Crippen molar-refractivity contribution in [1.29, 1.82) is 5.26 Å². The number of pyridine rings is 1. The van der Waals surface area contributed by atoms with Gasteiger partial charge < -0.3 is 14.8 Å². The summed E-state index contributed by atoms with van der Waals surface area (Å²) in [6, 6.07) is 10.9. The van der Waals surface area contributed by atoms with Crippen molar-refractivity contribution >= 4 is 11.5 Å². The Morgan fingerprint density at radius 3 is 2.58 bits per heavy atom. The van der Waals surface area contributed by atoms with Crippen LogP contribution < -0.4 is 14.8 Å². The van der Waals surface area contributed by atoms with Crippen LogP contribution in [0.1, 0.15) is 5.56 Å². The van der Waals surface area contributed by atoms with E-state index in [1.807, 2.05) is 6.07 Å². The molecule has 1 N–H and O–H groups in total. The summed E-state index contributed by atoms with van der Waals surface area (Å²) >= 11 is 0. The van der Waals surface area contributed by atoms with E-state index in [9.17, 15) is 0 Å². The van der Waals surface area contributed by atoms with Gasteiger partial charge in [0, 0.05) is 18.0 Å². The Labute approximate surface area is 111 Å². The van der Waals surface area contributed by atoms with Crippen LogP contribution in [0.2, 0.25) is 0 Å². The fourth-order valence-corrected chi connectivity index (χ4v) is 1.63. The smallest absolute Gasteiger partial charge is 0.162 e. The monoisotopic (exact) mass is 255 g/mol. The predicted molar refractivity (Wildman–Crippen MR) is 71.8 cm³/mol. The average Bonchev–Trinajstić information content (AvgIpc) is 2.47. The van der Waals surface area contributed by atoms with Crippen LogP contribution in [0.4, 0.5) is 11.5 Å². The normalized spacial score (nSPS) is 9.53. The van der Waals surface area contributed by atoms with Gasteiger partial charge in [0.1, 0.15) is 5.82 Å². The van der Waals surface area contributed by atoms with Crippen molar-refractivity contribution in [2.24, 2.45) is 0 Å². The number of rotatable bonds is 4. The highest BCUT2D eigenvalue weighted by atomic mass is 16.5. The second-order valence-electron chi connectivity index (χ2n) is 3.74. The Hall–Kier alpha value is -2.74. The molecular formula is C14H13N3O2. The van der Waals surface area contributed by atoms with E-state index in [2.05, 4.69) is 16.4 Å². The van der Waals surface area contributed by atoms with Gasteiger partial charge in [0.05, 0.1) is 25.9 Å². The second-order valence-corrected chi connectivity index (χ2v) is 3.74. The number of methoxy groups -OCH3 is 2. The van der Waals surface area contributed by atoms with Crippen molar-refractivity contribution in [3.63, 3.8) is 0 Å². The van der Waals surface area contributed by atoms with Crippen LogP contribution in [0, 0.1) is 11.3 Å². The third-order valence-electron chi connectivity index (χ3n) is 2.54. The molecule has 1 aromatic heterocycles. The summed E-state index contributed by atoms with van der Waals surface area (Å²) in [5, 5.41) is 11.9. The van der Waals surface area contributed by atoms with E-state index in [-0.39, 0.29) is 0 Å². The zero-order valence-electron chi connectivity index (χ0n) is 10.7. The lowest BCUT2D eigenvalue weighted by atomic mass is 10.2. The molecular weight excluding hydrogens is 242 g/mol. The van der Waals surface area contributed by atoms with Gasteiger partial charge in [0.15, 0.2) is 11.5 Å². The van der Waals surface area contributed by atoms with Gasteiger partial charge >= 0.3 is 0 Å². The number of nitrogens with zero attached hydrogens (tertiary/aromatic N) is 2. The van der Waals surface area contributed by atoms with Crippen molar-refractivity contribution in [2.45, 2.75) is 0 Å². The molecule has 0 bridgehead atoms. The maximum atomic E-state index is 8.84. The first-order valence-corrected chi connectivity index (χ1v) is 5.62. The lowest BCUT2D eigenvalue weighted by Crippen LogP contribution is -1.96. The van der Waals surface area contributed by atoms with Crippen molar-refractivity contribution in [3.05, 3.63) is 42.1 Å². The minimum Gasteiger partial charge on any atom is -0.493 e. The average molecular weight is 255 g/mol. The van der Waals surface area contributed by atoms with Crippen molar-refractivity contribution in [2.75, 3.05) is 19.5 Å². The van der Waals surface area contributed by atoms with Crippen LogP contribution >= 0.6 is 0 Å². The molecule has 96 valence electrons.